The molecule has 0 unspecified atom stereocenters. The second-order valence-electron chi connectivity index (χ2n) is 10.5. The zero-order chi connectivity index (χ0) is 27.6. The van der Waals surface area contributed by atoms with Crippen LogP contribution in [0.2, 0.25) is 0 Å². The Morgan fingerprint density at radius 1 is 0.476 bits per heavy atom. The van der Waals surface area contributed by atoms with Crippen LogP contribution in [0.15, 0.2) is 133 Å². The van der Waals surface area contributed by atoms with Crippen molar-refractivity contribution in [2.75, 3.05) is 0 Å². The lowest BCUT2D eigenvalue weighted by Gasteiger charge is -2.22. The van der Waals surface area contributed by atoms with Crippen LogP contribution in [0.25, 0.3) is 72.4 Å². The lowest BCUT2D eigenvalue weighted by Crippen LogP contribution is -2.06. The van der Waals surface area contributed by atoms with Crippen LogP contribution in [0.1, 0.15) is 0 Å². The first-order valence-electron chi connectivity index (χ1n) is 14.0. The van der Waals surface area contributed by atoms with Crippen LogP contribution < -0.4 is 4.74 Å². The zero-order valence-corrected chi connectivity index (χ0v) is 22.4. The lowest BCUT2D eigenvalue weighted by molar-refractivity contribution is 0.488. The largest absolute Gasteiger partial charge is 0.456 e. The fourth-order valence-electron chi connectivity index (χ4n) is 6.23. The van der Waals surface area contributed by atoms with Crippen molar-refractivity contribution in [3.8, 4) is 51.3 Å². The fraction of sp³-hybridized carbons (Fsp3) is 0. The van der Waals surface area contributed by atoms with Gasteiger partial charge in [0.25, 0.3) is 0 Å². The number of benzene rings is 6. The lowest BCUT2D eigenvalue weighted by atomic mass is 9.91. The van der Waals surface area contributed by atoms with Crippen molar-refractivity contribution in [3.63, 3.8) is 0 Å². The molecule has 1 aliphatic rings. The predicted molar refractivity (Wildman–Crippen MR) is 168 cm³/mol. The molecule has 8 aromatic rings. The maximum atomic E-state index is 6.52. The number of para-hydroxylation sites is 1. The number of fused-ring (bicyclic) bond motifs is 6. The Balaban J connectivity index is 1.39. The van der Waals surface area contributed by atoms with Crippen molar-refractivity contribution < 1.29 is 4.74 Å². The third-order valence-electron chi connectivity index (χ3n) is 8.04. The molecule has 42 heavy (non-hydrogen) atoms. The van der Waals surface area contributed by atoms with Crippen LogP contribution in [0.4, 0.5) is 0 Å². The summed E-state index contributed by atoms with van der Waals surface area (Å²) in [5.41, 5.74) is 6.17. The highest BCUT2D eigenvalue weighted by atomic mass is 16.5. The Hall–Kier alpha value is -5.81. The molecule has 3 heterocycles. The number of hydrogen-bond acceptors (Lipinski definition) is 4. The van der Waals surface area contributed by atoms with E-state index in [4.69, 9.17) is 19.7 Å². The molecular formula is C37H22N4O. The van der Waals surface area contributed by atoms with Crippen LogP contribution in [-0.4, -0.2) is 19.5 Å². The van der Waals surface area contributed by atoms with Gasteiger partial charge in [-0.3, -0.25) is 4.57 Å². The molecule has 9 rings (SSSR count). The number of rotatable bonds is 3. The van der Waals surface area contributed by atoms with E-state index in [1.54, 1.807) is 0 Å². The highest BCUT2D eigenvalue weighted by Crippen LogP contribution is 2.51. The average molecular weight is 539 g/mol. The van der Waals surface area contributed by atoms with Crippen LogP contribution in [0.3, 0.4) is 0 Å². The molecule has 0 bridgehead atoms. The molecule has 0 saturated heterocycles. The molecule has 0 radical (unpaired) electrons. The van der Waals surface area contributed by atoms with E-state index in [0.717, 1.165) is 60.8 Å². The van der Waals surface area contributed by atoms with Crippen molar-refractivity contribution in [2.24, 2.45) is 0 Å². The van der Waals surface area contributed by atoms with E-state index in [1.165, 1.54) is 5.56 Å². The van der Waals surface area contributed by atoms with Gasteiger partial charge in [-0.25, -0.2) is 4.98 Å². The normalized spacial score (nSPS) is 12.0. The van der Waals surface area contributed by atoms with Crippen molar-refractivity contribution in [1.29, 1.82) is 0 Å². The summed E-state index contributed by atoms with van der Waals surface area (Å²) in [6.45, 7) is 0. The molecule has 5 heteroatoms. The molecule has 2 aromatic heterocycles. The van der Waals surface area contributed by atoms with E-state index in [2.05, 4.69) is 65.2 Å². The highest BCUT2D eigenvalue weighted by molar-refractivity contribution is 6.20. The smallest absolute Gasteiger partial charge is 0.238 e. The summed E-state index contributed by atoms with van der Waals surface area (Å²) < 4.78 is 8.68. The molecule has 0 saturated carbocycles. The molecule has 0 atom stereocenters. The van der Waals surface area contributed by atoms with E-state index < -0.39 is 0 Å². The van der Waals surface area contributed by atoms with Gasteiger partial charge in [0.2, 0.25) is 5.95 Å². The van der Waals surface area contributed by atoms with Crippen LogP contribution >= 0.6 is 0 Å². The molecule has 0 spiro atoms. The first kappa shape index (κ1) is 22.9. The van der Waals surface area contributed by atoms with Crippen LogP contribution in [0.5, 0.6) is 11.5 Å². The van der Waals surface area contributed by atoms with Gasteiger partial charge in [-0.1, -0.05) is 109 Å². The van der Waals surface area contributed by atoms with Crippen molar-refractivity contribution in [3.05, 3.63) is 133 Å². The molecule has 6 aromatic carbocycles. The molecule has 0 amide bonds. The van der Waals surface area contributed by atoms with E-state index in [9.17, 15) is 0 Å². The van der Waals surface area contributed by atoms with Gasteiger partial charge in [-0.15, -0.1) is 0 Å². The molecule has 0 N–H and O–H groups in total. The molecule has 5 nitrogen and oxygen atoms in total. The molecule has 0 aliphatic carbocycles. The summed E-state index contributed by atoms with van der Waals surface area (Å²) in [4.78, 5) is 15.0. The summed E-state index contributed by atoms with van der Waals surface area (Å²) in [5, 5.41) is 4.53. The maximum Gasteiger partial charge on any atom is 0.238 e. The summed E-state index contributed by atoms with van der Waals surface area (Å²) in [7, 11) is 0. The third-order valence-corrected chi connectivity index (χ3v) is 8.04. The van der Waals surface area contributed by atoms with Crippen molar-refractivity contribution in [1.82, 2.24) is 19.5 Å². The van der Waals surface area contributed by atoms with Gasteiger partial charge in [0.1, 0.15) is 11.5 Å². The summed E-state index contributed by atoms with van der Waals surface area (Å²) in [6.07, 6.45) is 0. The van der Waals surface area contributed by atoms with Crippen LogP contribution in [-0.2, 0) is 0 Å². The number of hydrogen-bond donors (Lipinski definition) is 0. The average Bonchev–Trinajstić information content (AvgIpc) is 3.40. The van der Waals surface area contributed by atoms with Crippen molar-refractivity contribution >= 4 is 32.6 Å². The number of aromatic nitrogens is 4. The van der Waals surface area contributed by atoms with E-state index in [1.807, 2.05) is 72.8 Å². The Bertz CT molecular complexity index is 2260. The van der Waals surface area contributed by atoms with E-state index >= 15 is 0 Å². The van der Waals surface area contributed by atoms with E-state index in [0.29, 0.717) is 17.6 Å². The van der Waals surface area contributed by atoms with E-state index in [-0.39, 0.29) is 0 Å². The predicted octanol–water partition coefficient (Wildman–Crippen LogP) is 9.23. The Morgan fingerprint density at radius 3 is 1.88 bits per heavy atom. The third kappa shape index (κ3) is 3.34. The molecular weight excluding hydrogens is 516 g/mol. The van der Waals surface area contributed by atoms with Gasteiger partial charge >= 0.3 is 0 Å². The topological polar surface area (TPSA) is 52.8 Å². The fourth-order valence-corrected chi connectivity index (χ4v) is 6.23. The van der Waals surface area contributed by atoms with Gasteiger partial charge in [0.05, 0.1) is 11.0 Å². The first-order chi connectivity index (χ1) is 20.8. The minimum absolute atomic E-state index is 0.573. The van der Waals surface area contributed by atoms with Crippen LogP contribution in [0, 0.1) is 0 Å². The summed E-state index contributed by atoms with van der Waals surface area (Å²) >= 11 is 0. The monoisotopic (exact) mass is 538 g/mol. The highest BCUT2D eigenvalue weighted by Gasteiger charge is 2.26. The maximum absolute atomic E-state index is 6.52. The number of nitrogens with zero attached hydrogens (tertiary/aromatic N) is 4. The van der Waals surface area contributed by atoms with Gasteiger partial charge < -0.3 is 4.74 Å². The second kappa shape index (κ2) is 8.85. The minimum atomic E-state index is 0.573. The Morgan fingerprint density at radius 2 is 1.14 bits per heavy atom. The molecule has 1 aliphatic heterocycles. The minimum Gasteiger partial charge on any atom is -0.456 e. The standard InChI is InChI=1S/C37H22N4O/c1-3-11-24(12-4-1)35-38-36(25-13-5-2-6-14-25)40-37(39-35)41-28-19-8-7-17-26(28)33-29(41)21-22-31-34(33)27-18-9-15-23-16-10-20-30(42-31)32(23)27/h1-22H. The quantitative estimate of drug-likeness (QED) is 0.225. The van der Waals surface area contributed by atoms with Crippen molar-refractivity contribution in [2.45, 2.75) is 0 Å². The molecule has 196 valence electrons. The van der Waals surface area contributed by atoms with Gasteiger partial charge in [0, 0.05) is 32.8 Å². The SMILES string of the molecule is c1ccc(-c2nc(-c3ccccc3)nc(-n3c4ccccc4c4c5c(ccc43)Oc3cccc4cccc-5c34)n2)cc1. The molecule has 0 fully saturated rings. The second-order valence-corrected chi connectivity index (χ2v) is 10.5. The van der Waals surface area contributed by atoms with Gasteiger partial charge in [-0.2, -0.15) is 9.97 Å². The Labute approximate surface area is 241 Å². The Kier molecular flexibility index (Phi) is 4.83. The number of ether oxygens (including phenoxy) is 1. The first-order valence-corrected chi connectivity index (χ1v) is 14.0. The summed E-state index contributed by atoms with van der Waals surface area (Å²) in [6, 6.07) is 45.5. The summed E-state index contributed by atoms with van der Waals surface area (Å²) in [5.74, 6) is 3.57. The zero-order valence-electron chi connectivity index (χ0n) is 22.4. The van der Waals surface area contributed by atoms with Gasteiger partial charge in [0.15, 0.2) is 11.6 Å². The van der Waals surface area contributed by atoms with Gasteiger partial charge in [-0.05, 0) is 35.2 Å².